The summed E-state index contributed by atoms with van der Waals surface area (Å²) in [6, 6.07) is 46.1. The molecule has 1 heterocycles. The number of para-hydroxylation sites is 5. The fraction of sp³-hybridized carbons (Fsp3) is 0.176. The molecule has 5 aromatic carbocycles. The van der Waals surface area contributed by atoms with E-state index in [0.717, 1.165) is 29.2 Å². The molecule has 2 heteroatoms. The van der Waals surface area contributed by atoms with Gasteiger partial charge in [0.1, 0.15) is 0 Å². The highest BCUT2D eigenvalue weighted by molar-refractivity contribution is 6.01. The molecular weight excluding hydrogens is 641 g/mol. The normalized spacial score (nSPS) is 18.9. The maximum atomic E-state index is 4.03. The summed E-state index contributed by atoms with van der Waals surface area (Å²) in [6.07, 6.45) is 20.4. The summed E-state index contributed by atoms with van der Waals surface area (Å²) in [5, 5.41) is 0. The average Bonchev–Trinajstić information content (AvgIpc) is 3.79. The van der Waals surface area contributed by atoms with Crippen LogP contribution in [0.3, 0.4) is 0 Å². The number of rotatable bonds is 7. The van der Waals surface area contributed by atoms with Crippen LogP contribution in [0.15, 0.2) is 192 Å². The Morgan fingerprint density at radius 1 is 0.679 bits per heavy atom. The van der Waals surface area contributed by atoms with Crippen LogP contribution in [0.25, 0.3) is 17.2 Å². The highest BCUT2D eigenvalue weighted by atomic mass is 15.3. The Labute approximate surface area is 315 Å². The molecule has 0 amide bonds. The molecule has 0 saturated heterocycles. The van der Waals surface area contributed by atoms with Crippen molar-refractivity contribution in [2.45, 2.75) is 46.0 Å². The molecule has 1 saturated carbocycles. The molecule has 1 atom stereocenters. The molecular formula is C51H46N2. The van der Waals surface area contributed by atoms with Crippen LogP contribution in [0.4, 0.5) is 34.1 Å². The Hall–Kier alpha value is -5.86. The number of anilines is 6. The quantitative estimate of drug-likeness (QED) is 0.154. The van der Waals surface area contributed by atoms with E-state index in [-0.39, 0.29) is 5.41 Å². The highest BCUT2D eigenvalue weighted by Gasteiger charge is 2.47. The molecule has 3 aliphatic carbocycles. The summed E-state index contributed by atoms with van der Waals surface area (Å²) in [5.74, 6) is 0.417. The van der Waals surface area contributed by atoms with Crippen LogP contribution in [0.5, 0.6) is 0 Å². The van der Waals surface area contributed by atoms with Crippen molar-refractivity contribution in [3.05, 3.63) is 198 Å². The van der Waals surface area contributed by atoms with E-state index < -0.39 is 0 Å². The second kappa shape index (κ2) is 13.6. The lowest BCUT2D eigenvalue weighted by Crippen LogP contribution is -2.23. The van der Waals surface area contributed by atoms with Gasteiger partial charge in [-0.15, -0.1) is 0 Å². The fourth-order valence-electron chi connectivity index (χ4n) is 9.24. The van der Waals surface area contributed by atoms with Gasteiger partial charge in [0, 0.05) is 16.8 Å². The van der Waals surface area contributed by atoms with Crippen LogP contribution in [-0.2, 0) is 0 Å². The SMILES string of the molecule is C=C/C(C)=C\C1=C(C)C2=CCC(/C=C/c3ccc(-c4ccc(N5c6ccccc6N(c6ccccc6)c6ccccc65)cc4)cc3)C=C2C12CCCC2. The lowest BCUT2D eigenvalue weighted by atomic mass is 9.72. The molecule has 0 N–H and O–H groups in total. The van der Waals surface area contributed by atoms with Gasteiger partial charge in [0.05, 0.1) is 22.7 Å². The van der Waals surface area contributed by atoms with Crippen molar-refractivity contribution in [3.63, 3.8) is 0 Å². The Balaban J connectivity index is 0.947. The smallest absolute Gasteiger partial charge is 0.0703 e. The summed E-state index contributed by atoms with van der Waals surface area (Å²) in [5.41, 5.74) is 18.2. The molecule has 1 aliphatic heterocycles. The van der Waals surface area contributed by atoms with Crippen LogP contribution in [-0.4, -0.2) is 0 Å². The summed E-state index contributed by atoms with van der Waals surface area (Å²) in [4.78, 5) is 4.75. The molecule has 4 aliphatic rings. The van der Waals surface area contributed by atoms with Gasteiger partial charge < -0.3 is 9.80 Å². The third-order valence-electron chi connectivity index (χ3n) is 11.9. The number of allylic oxidation sites excluding steroid dienone is 10. The van der Waals surface area contributed by atoms with Gasteiger partial charge in [0.2, 0.25) is 0 Å². The van der Waals surface area contributed by atoms with Gasteiger partial charge in [0.15, 0.2) is 0 Å². The number of hydrogen-bond donors (Lipinski definition) is 0. The number of nitrogens with zero attached hydrogens (tertiary/aromatic N) is 2. The van der Waals surface area contributed by atoms with Crippen molar-refractivity contribution < 1.29 is 0 Å². The van der Waals surface area contributed by atoms with E-state index in [2.05, 4.69) is 188 Å². The van der Waals surface area contributed by atoms with Crippen LogP contribution in [0.2, 0.25) is 0 Å². The second-order valence-electron chi connectivity index (χ2n) is 15.0. The first-order chi connectivity index (χ1) is 26.0. The summed E-state index contributed by atoms with van der Waals surface area (Å²) in [7, 11) is 0. The van der Waals surface area contributed by atoms with Crippen LogP contribution in [0.1, 0.15) is 51.5 Å². The molecule has 2 nitrogen and oxygen atoms in total. The zero-order chi connectivity index (χ0) is 35.9. The predicted molar refractivity (Wildman–Crippen MR) is 226 cm³/mol. The predicted octanol–water partition coefficient (Wildman–Crippen LogP) is 14.5. The highest BCUT2D eigenvalue weighted by Crippen LogP contribution is 2.61. The van der Waals surface area contributed by atoms with Crippen molar-refractivity contribution in [2.24, 2.45) is 11.3 Å². The van der Waals surface area contributed by atoms with Crippen molar-refractivity contribution in [1.82, 2.24) is 0 Å². The molecule has 1 spiro atoms. The topological polar surface area (TPSA) is 6.48 Å². The van der Waals surface area contributed by atoms with Gasteiger partial charge in [-0.25, -0.2) is 0 Å². The van der Waals surface area contributed by atoms with Crippen LogP contribution >= 0.6 is 0 Å². The Morgan fingerprint density at radius 2 is 1.21 bits per heavy atom. The summed E-state index contributed by atoms with van der Waals surface area (Å²) >= 11 is 0. The third kappa shape index (κ3) is 5.74. The zero-order valence-corrected chi connectivity index (χ0v) is 30.8. The standard InChI is InChI=1S/C51H46N2/c1-4-36(2)34-45-37(3)44-31-24-39(35-46(44)51(45)32-12-13-33-51)21-20-38-22-25-40(26-23-38)41-27-29-43(30-28-41)53-49-18-10-8-16-47(49)52(42-14-6-5-7-15-42)48-17-9-11-19-50(48)53/h4-11,14-23,25-31,34-35,39H,1,12-13,24,32-33H2,2-3H3/b21-20+,36-34-. The van der Waals surface area contributed by atoms with Crippen LogP contribution in [0, 0.1) is 11.3 Å². The summed E-state index contributed by atoms with van der Waals surface area (Å²) < 4.78 is 0. The Morgan fingerprint density at radius 3 is 1.77 bits per heavy atom. The maximum absolute atomic E-state index is 4.03. The molecule has 53 heavy (non-hydrogen) atoms. The molecule has 0 bridgehead atoms. The first-order valence-electron chi connectivity index (χ1n) is 19.2. The van der Waals surface area contributed by atoms with Crippen molar-refractivity contribution in [3.8, 4) is 11.1 Å². The van der Waals surface area contributed by atoms with Crippen LogP contribution < -0.4 is 9.80 Å². The molecule has 9 rings (SSSR count). The van der Waals surface area contributed by atoms with Gasteiger partial charge in [-0.1, -0.05) is 140 Å². The minimum atomic E-state index is 0.188. The van der Waals surface area contributed by atoms with E-state index >= 15 is 0 Å². The lowest BCUT2D eigenvalue weighted by molar-refractivity contribution is 0.470. The second-order valence-corrected chi connectivity index (χ2v) is 15.0. The minimum absolute atomic E-state index is 0.188. The van der Waals surface area contributed by atoms with Crippen molar-refractivity contribution >= 4 is 40.2 Å². The maximum Gasteiger partial charge on any atom is 0.0703 e. The van der Waals surface area contributed by atoms with Gasteiger partial charge in [-0.05, 0) is 127 Å². The van der Waals surface area contributed by atoms with Gasteiger partial charge in [0.25, 0.3) is 0 Å². The first-order valence-corrected chi connectivity index (χ1v) is 19.2. The summed E-state index contributed by atoms with van der Waals surface area (Å²) in [6.45, 7) is 8.55. The molecule has 0 aromatic heterocycles. The molecule has 5 aromatic rings. The van der Waals surface area contributed by atoms with E-state index in [1.807, 2.05) is 6.08 Å². The Kier molecular flexibility index (Phi) is 8.47. The zero-order valence-electron chi connectivity index (χ0n) is 30.8. The molecule has 260 valence electrons. The van der Waals surface area contributed by atoms with E-state index in [0.29, 0.717) is 5.92 Å². The van der Waals surface area contributed by atoms with Crippen molar-refractivity contribution in [1.29, 1.82) is 0 Å². The van der Waals surface area contributed by atoms with Gasteiger partial charge in [-0.2, -0.15) is 0 Å². The fourth-order valence-corrected chi connectivity index (χ4v) is 9.24. The number of fused-ring (bicyclic) bond motifs is 4. The van der Waals surface area contributed by atoms with E-state index in [9.17, 15) is 0 Å². The molecule has 1 fully saturated rings. The van der Waals surface area contributed by atoms with Gasteiger partial charge in [-0.3, -0.25) is 0 Å². The average molecular weight is 687 g/mol. The van der Waals surface area contributed by atoms with E-state index in [1.54, 1.807) is 11.1 Å². The molecule has 1 unspecified atom stereocenters. The monoisotopic (exact) mass is 686 g/mol. The largest absolute Gasteiger partial charge is 0.306 e. The lowest BCUT2D eigenvalue weighted by Gasteiger charge is -2.40. The van der Waals surface area contributed by atoms with E-state index in [4.69, 9.17) is 0 Å². The van der Waals surface area contributed by atoms with E-state index in [1.165, 1.54) is 70.5 Å². The van der Waals surface area contributed by atoms with Crippen molar-refractivity contribution in [2.75, 3.05) is 9.80 Å². The third-order valence-corrected chi connectivity index (χ3v) is 11.9. The number of benzene rings is 5. The Bertz CT molecular complexity index is 2290. The number of hydrogen-bond acceptors (Lipinski definition) is 2. The molecule has 0 radical (unpaired) electrons. The first kappa shape index (κ1) is 33.0. The minimum Gasteiger partial charge on any atom is -0.306 e. The van der Waals surface area contributed by atoms with Gasteiger partial charge >= 0.3 is 0 Å².